The quantitative estimate of drug-likeness (QED) is 0.756. The van der Waals surface area contributed by atoms with Crippen molar-refractivity contribution >= 4 is 23.6 Å². The number of carboxylic acids is 1. The standard InChI is InChI=1S/C15H18N2O3S/c1-3-8-15(2,14(19)20)17-13(18)11-6-4-5-7-12(11)21-10-9-16/h4-7H,3,8,10H2,1-2H3,(H,17,18)(H,19,20). The zero-order valence-corrected chi connectivity index (χ0v) is 12.9. The molecule has 6 heteroatoms. The topological polar surface area (TPSA) is 90.2 Å². The lowest BCUT2D eigenvalue weighted by Gasteiger charge is -2.26. The summed E-state index contributed by atoms with van der Waals surface area (Å²) >= 11 is 1.25. The summed E-state index contributed by atoms with van der Waals surface area (Å²) in [5.74, 6) is -1.26. The van der Waals surface area contributed by atoms with Gasteiger partial charge in [0.1, 0.15) is 5.54 Å². The number of benzene rings is 1. The molecule has 112 valence electrons. The number of aliphatic carboxylic acids is 1. The molecule has 0 saturated heterocycles. The van der Waals surface area contributed by atoms with Gasteiger partial charge >= 0.3 is 5.97 Å². The molecule has 0 aliphatic heterocycles. The maximum Gasteiger partial charge on any atom is 0.329 e. The van der Waals surface area contributed by atoms with E-state index >= 15 is 0 Å². The van der Waals surface area contributed by atoms with Gasteiger partial charge in [0.05, 0.1) is 17.4 Å². The zero-order valence-electron chi connectivity index (χ0n) is 12.0. The number of nitriles is 1. The molecular formula is C15H18N2O3S. The largest absolute Gasteiger partial charge is 0.480 e. The number of hydrogen-bond donors (Lipinski definition) is 2. The minimum Gasteiger partial charge on any atom is -0.480 e. The molecule has 0 spiro atoms. The summed E-state index contributed by atoms with van der Waals surface area (Å²) in [6, 6.07) is 8.87. The molecule has 0 bridgehead atoms. The van der Waals surface area contributed by atoms with E-state index in [1.807, 2.05) is 13.0 Å². The Balaban J connectivity index is 2.98. The number of thioether (sulfide) groups is 1. The summed E-state index contributed by atoms with van der Waals surface area (Å²) < 4.78 is 0. The van der Waals surface area contributed by atoms with E-state index in [0.29, 0.717) is 23.3 Å². The lowest BCUT2D eigenvalue weighted by Crippen LogP contribution is -2.52. The van der Waals surface area contributed by atoms with Crippen molar-refractivity contribution < 1.29 is 14.7 Å². The van der Waals surface area contributed by atoms with Crippen LogP contribution in [0.2, 0.25) is 0 Å². The second-order valence-electron chi connectivity index (χ2n) is 4.78. The molecule has 1 aromatic carbocycles. The van der Waals surface area contributed by atoms with Crippen LogP contribution in [0.25, 0.3) is 0 Å². The van der Waals surface area contributed by atoms with Crippen LogP contribution >= 0.6 is 11.8 Å². The lowest BCUT2D eigenvalue weighted by molar-refractivity contribution is -0.144. The first-order valence-corrected chi connectivity index (χ1v) is 7.58. The maximum atomic E-state index is 12.4. The molecule has 0 fully saturated rings. The Morgan fingerprint density at radius 2 is 2.10 bits per heavy atom. The predicted molar refractivity (Wildman–Crippen MR) is 81.2 cm³/mol. The molecule has 1 unspecified atom stereocenters. The van der Waals surface area contributed by atoms with Crippen molar-refractivity contribution in [3.8, 4) is 6.07 Å². The fourth-order valence-corrected chi connectivity index (χ4v) is 2.64. The third kappa shape index (κ3) is 4.50. The minimum atomic E-state index is -1.29. The lowest BCUT2D eigenvalue weighted by atomic mass is 9.96. The summed E-state index contributed by atoms with van der Waals surface area (Å²) in [6.07, 6.45) is 0.996. The number of carbonyl (C=O) groups excluding carboxylic acids is 1. The van der Waals surface area contributed by atoms with Gasteiger partial charge in [0, 0.05) is 4.90 Å². The Morgan fingerprint density at radius 1 is 1.43 bits per heavy atom. The number of carbonyl (C=O) groups is 2. The maximum absolute atomic E-state index is 12.4. The van der Waals surface area contributed by atoms with Gasteiger partial charge in [-0.2, -0.15) is 5.26 Å². The van der Waals surface area contributed by atoms with Crippen molar-refractivity contribution in [1.29, 1.82) is 5.26 Å². The highest BCUT2D eigenvalue weighted by atomic mass is 32.2. The Kier molecular flexibility index (Phi) is 6.25. The van der Waals surface area contributed by atoms with Crippen LogP contribution in [-0.4, -0.2) is 28.3 Å². The van der Waals surface area contributed by atoms with Crippen LogP contribution in [0.1, 0.15) is 37.0 Å². The van der Waals surface area contributed by atoms with Gasteiger partial charge in [0.25, 0.3) is 5.91 Å². The highest BCUT2D eigenvalue weighted by molar-refractivity contribution is 7.99. The first-order chi connectivity index (χ1) is 9.94. The van der Waals surface area contributed by atoms with Crippen molar-refractivity contribution in [3.63, 3.8) is 0 Å². The molecule has 0 saturated carbocycles. The summed E-state index contributed by atoms with van der Waals surface area (Å²) in [4.78, 5) is 24.4. The van der Waals surface area contributed by atoms with E-state index in [1.165, 1.54) is 18.7 Å². The van der Waals surface area contributed by atoms with E-state index in [2.05, 4.69) is 5.32 Å². The SMILES string of the molecule is CCCC(C)(NC(=O)c1ccccc1SCC#N)C(=O)O. The molecule has 1 aromatic rings. The number of carboxylic acid groups (broad SMARTS) is 1. The molecule has 1 atom stereocenters. The molecule has 0 aliphatic carbocycles. The zero-order chi connectivity index (χ0) is 15.9. The van der Waals surface area contributed by atoms with Crippen LogP contribution in [0.4, 0.5) is 0 Å². The smallest absolute Gasteiger partial charge is 0.329 e. The van der Waals surface area contributed by atoms with Crippen LogP contribution in [0, 0.1) is 11.3 Å². The average Bonchev–Trinajstić information content (AvgIpc) is 2.45. The monoisotopic (exact) mass is 306 g/mol. The van der Waals surface area contributed by atoms with E-state index < -0.39 is 17.4 Å². The fraction of sp³-hybridized carbons (Fsp3) is 0.400. The highest BCUT2D eigenvalue weighted by Crippen LogP contribution is 2.23. The fourth-order valence-electron chi connectivity index (χ4n) is 1.93. The van der Waals surface area contributed by atoms with Gasteiger partial charge in [0.15, 0.2) is 0 Å². The van der Waals surface area contributed by atoms with Gasteiger partial charge in [-0.3, -0.25) is 4.79 Å². The number of nitrogens with one attached hydrogen (secondary N) is 1. The molecule has 0 heterocycles. The van der Waals surface area contributed by atoms with Crippen molar-refractivity contribution in [2.45, 2.75) is 37.1 Å². The van der Waals surface area contributed by atoms with Gasteiger partial charge in [-0.05, 0) is 25.5 Å². The van der Waals surface area contributed by atoms with E-state index in [0.717, 1.165) is 0 Å². The van der Waals surface area contributed by atoms with Crippen LogP contribution in [-0.2, 0) is 4.79 Å². The number of hydrogen-bond acceptors (Lipinski definition) is 4. The first-order valence-electron chi connectivity index (χ1n) is 6.59. The van der Waals surface area contributed by atoms with E-state index in [9.17, 15) is 14.7 Å². The van der Waals surface area contributed by atoms with Gasteiger partial charge in [0.2, 0.25) is 0 Å². The summed E-state index contributed by atoms with van der Waals surface area (Å²) in [5, 5.41) is 20.5. The molecular weight excluding hydrogens is 288 g/mol. The van der Waals surface area contributed by atoms with Crippen LogP contribution in [0.15, 0.2) is 29.2 Å². The van der Waals surface area contributed by atoms with Crippen LogP contribution in [0.3, 0.4) is 0 Å². The minimum absolute atomic E-state index is 0.232. The van der Waals surface area contributed by atoms with Gasteiger partial charge in [-0.15, -0.1) is 11.8 Å². The Morgan fingerprint density at radius 3 is 2.67 bits per heavy atom. The Bertz CT molecular complexity index is 568. The van der Waals surface area contributed by atoms with E-state index in [1.54, 1.807) is 24.3 Å². The molecule has 2 N–H and O–H groups in total. The van der Waals surface area contributed by atoms with Crippen molar-refractivity contribution in [1.82, 2.24) is 5.32 Å². The molecule has 0 aromatic heterocycles. The second-order valence-corrected chi connectivity index (χ2v) is 5.80. The molecule has 0 aliphatic rings. The van der Waals surface area contributed by atoms with Gasteiger partial charge in [-0.25, -0.2) is 4.79 Å². The van der Waals surface area contributed by atoms with Crippen LogP contribution in [0.5, 0.6) is 0 Å². The second kappa shape index (κ2) is 7.70. The van der Waals surface area contributed by atoms with Crippen molar-refractivity contribution in [2.24, 2.45) is 0 Å². The predicted octanol–water partition coefficient (Wildman–Crippen LogP) is 2.68. The number of rotatable bonds is 7. The molecule has 1 rings (SSSR count). The van der Waals surface area contributed by atoms with Crippen LogP contribution < -0.4 is 5.32 Å². The normalized spacial score (nSPS) is 13.0. The Hall–Kier alpha value is -2.00. The third-order valence-corrected chi connectivity index (χ3v) is 3.98. The van der Waals surface area contributed by atoms with Gasteiger partial charge in [-0.1, -0.05) is 25.5 Å². The third-order valence-electron chi connectivity index (χ3n) is 3.04. The molecule has 21 heavy (non-hydrogen) atoms. The van der Waals surface area contributed by atoms with E-state index in [4.69, 9.17) is 5.26 Å². The molecule has 5 nitrogen and oxygen atoms in total. The van der Waals surface area contributed by atoms with E-state index in [-0.39, 0.29) is 5.75 Å². The van der Waals surface area contributed by atoms with Crippen molar-refractivity contribution in [3.05, 3.63) is 29.8 Å². The first kappa shape index (κ1) is 17.1. The average molecular weight is 306 g/mol. The van der Waals surface area contributed by atoms with Crippen molar-refractivity contribution in [2.75, 3.05) is 5.75 Å². The Labute approximate surface area is 128 Å². The summed E-state index contributed by atoms with van der Waals surface area (Å²) in [5.41, 5.74) is -0.903. The summed E-state index contributed by atoms with van der Waals surface area (Å²) in [7, 11) is 0. The summed E-state index contributed by atoms with van der Waals surface area (Å²) in [6.45, 7) is 3.37. The number of nitrogens with zero attached hydrogens (tertiary/aromatic N) is 1. The number of amides is 1. The molecule has 1 amide bonds. The van der Waals surface area contributed by atoms with Gasteiger partial charge < -0.3 is 10.4 Å². The molecule has 0 radical (unpaired) electrons. The highest BCUT2D eigenvalue weighted by Gasteiger charge is 2.34.